The average molecular weight is 293 g/mol. The molecule has 1 aliphatic rings. The first kappa shape index (κ1) is 13.3. The Bertz CT molecular complexity index is 411. The topological polar surface area (TPSA) is 12.0 Å². The van der Waals surface area contributed by atoms with Gasteiger partial charge in [-0.05, 0) is 36.8 Å². The summed E-state index contributed by atoms with van der Waals surface area (Å²) in [7, 11) is 0. The molecule has 17 heavy (non-hydrogen) atoms. The van der Waals surface area contributed by atoms with Crippen molar-refractivity contribution in [3.05, 3.63) is 27.2 Å². The molecule has 0 unspecified atom stereocenters. The van der Waals surface area contributed by atoms with Crippen LogP contribution in [0.3, 0.4) is 0 Å². The summed E-state index contributed by atoms with van der Waals surface area (Å²) < 4.78 is 0. The summed E-state index contributed by atoms with van der Waals surface area (Å²) in [6.45, 7) is 4.54. The highest BCUT2D eigenvalue weighted by molar-refractivity contribution is 6.44. The number of halogens is 3. The van der Waals surface area contributed by atoms with E-state index >= 15 is 0 Å². The lowest BCUT2D eigenvalue weighted by atomic mass is 9.73. The van der Waals surface area contributed by atoms with E-state index in [1.165, 1.54) is 12.8 Å². The van der Waals surface area contributed by atoms with E-state index in [-0.39, 0.29) is 0 Å². The van der Waals surface area contributed by atoms with Crippen molar-refractivity contribution in [2.45, 2.75) is 32.7 Å². The molecular weight excluding hydrogens is 277 g/mol. The lowest BCUT2D eigenvalue weighted by Crippen LogP contribution is -2.37. The second-order valence-corrected chi connectivity index (χ2v) is 6.28. The molecule has 1 aliphatic carbocycles. The Labute approximate surface area is 117 Å². The van der Waals surface area contributed by atoms with Crippen molar-refractivity contribution < 1.29 is 0 Å². The highest BCUT2D eigenvalue weighted by atomic mass is 35.5. The van der Waals surface area contributed by atoms with Crippen molar-refractivity contribution in [3.8, 4) is 0 Å². The molecular formula is C13H16Cl3N. The third-order valence-corrected chi connectivity index (χ3v) is 4.52. The van der Waals surface area contributed by atoms with Gasteiger partial charge in [0.25, 0.3) is 0 Å². The van der Waals surface area contributed by atoms with Gasteiger partial charge < -0.3 is 5.32 Å². The lowest BCUT2D eigenvalue weighted by molar-refractivity contribution is 0.212. The number of hydrogen-bond donors (Lipinski definition) is 1. The fourth-order valence-electron chi connectivity index (χ4n) is 2.18. The molecule has 0 aliphatic heterocycles. The Kier molecular flexibility index (Phi) is 4.12. The van der Waals surface area contributed by atoms with Gasteiger partial charge in [-0.15, -0.1) is 0 Å². The minimum Gasteiger partial charge on any atom is -0.381 e. The Balaban J connectivity index is 1.99. The number of anilines is 1. The van der Waals surface area contributed by atoms with Crippen LogP contribution in [0.4, 0.5) is 5.69 Å². The first-order valence-electron chi connectivity index (χ1n) is 5.88. The van der Waals surface area contributed by atoms with Crippen molar-refractivity contribution >= 4 is 40.5 Å². The van der Waals surface area contributed by atoms with Crippen LogP contribution < -0.4 is 5.32 Å². The fraction of sp³-hybridized carbons (Fsp3) is 0.538. The van der Waals surface area contributed by atoms with Crippen LogP contribution in [0.1, 0.15) is 26.7 Å². The van der Waals surface area contributed by atoms with E-state index in [1.54, 1.807) is 12.1 Å². The van der Waals surface area contributed by atoms with E-state index in [0.29, 0.717) is 21.1 Å². The van der Waals surface area contributed by atoms with Crippen LogP contribution in [0.25, 0.3) is 0 Å². The zero-order valence-electron chi connectivity index (χ0n) is 9.93. The molecule has 1 N–H and O–H groups in total. The van der Waals surface area contributed by atoms with Crippen molar-refractivity contribution in [2.75, 3.05) is 5.32 Å². The van der Waals surface area contributed by atoms with Gasteiger partial charge in [-0.3, -0.25) is 0 Å². The number of nitrogens with one attached hydrogen (secondary N) is 1. The predicted octanol–water partition coefficient (Wildman–Crippen LogP) is 5.49. The maximum Gasteiger partial charge on any atom is 0.0653 e. The fourth-order valence-corrected chi connectivity index (χ4v) is 2.78. The van der Waals surface area contributed by atoms with Gasteiger partial charge in [-0.2, -0.15) is 0 Å². The lowest BCUT2D eigenvalue weighted by Gasteiger charge is -2.39. The van der Waals surface area contributed by atoms with E-state index in [1.807, 2.05) is 0 Å². The van der Waals surface area contributed by atoms with Crippen LogP contribution in [-0.2, 0) is 0 Å². The second kappa shape index (κ2) is 5.26. The van der Waals surface area contributed by atoms with Crippen LogP contribution in [0.2, 0.25) is 15.1 Å². The molecule has 1 aromatic carbocycles. The Morgan fingerprint density at radius 2 is 1.65 bits per heavy atom. The average Bonchev–Trinajstić information content (AvgIpc) is 2.17. The zero-order chi connectivity index (χ0) is 12.6. The molecule has 1 saturated carbocycles. The highest BCUT2D eigenvalue weighted by Gasteiger charge is 2.31. The maximum absolute atomic E-state index is 6.12. The molecule has 94 valence electrons. The summed E-state index contributed by atoms with van der Waals surface area (Å²) >= 11 is 18.0. The van der Waals surface area contributed by atoms with Crippen molar-refractivity contribution in [1.29, 1.82) is 0 Å². The number of rotatable bonds is 3. The van der Waals surface area contributed by atoms with Crippen LogP contribution in [0.5, 0.6) is 0 Å². The minimum absolute atomic E-state index is 0.496. The molecule has 0 bridgehead atoms. The van der Waals surface area contributed by atoms with Gasteiger partial charge in [0, 0.05) is 6.04 Å². The molecule has 0 aromatic heterocycles. The highest BCUT2D eigenvalue weighted by Crippen LogP contribution is 2.38. The van der Waals surface area contributed by atoms with Crippen LogP contribution in [0, 0.1) is 11.8 Å². The number of hydrogen-bond acceptors (Lipinski definition) is 1. The molecule has 0 saturated heterocycles. The van der Waals surface area contributed by atoms with E-state index in [9.17, 15) is 0 Å². The summed E-state index contributed by atoms with van der Waals surface area (Å²) in [6.07, 6.45) is 2.41. The first-order chi connectivity index (χ1) is 7.97. The van der Waals surface area contributed by atoms with Crippen LogP contribution in [0.15, 0.2) is 12.1 Å². The van der Waals surface area contributed by atoms with Crippen LogP contribution >= 0.6 is 34.8 Å². The minimum atomic E-state index is 0.496. The van der Waals surface area contributed by atoms with Crippen molar-refractivity contribution in [2.24, 2.45) is 11.8 Å². The SMILES string of the molecule is CC(C)C1CC(Nc2cc(Cl)c(Cl)cc2Cl)C1. The molecule has 1 fully saturated rings. The monoisotopic (exact) mass is 291 g/mol. The van der Waals surface area contributed by atoms with E-state index in [4.69, 9.17) is 34.8 Å². The molecule has 1 aromatic rings. The van der Waals surface area contributed by atoms with Crippen LogP contribution in [-0.4, -0.2) is 6.04 Å². The molecule has 0 amide bonds. The summed E-state index contributed by atoms with van der Waals surface area (Å²) in [6, 6.07) is 4.00. The third kappa shape index (κ3) is 3.01. The maximum atomic E-state index is 6.12. The second-order valence-electron chi connectivity index (χ2n) is 5.06. The largest absolute Gasteiger partial charge is 0.381 e. The van der Waals surface area contributed by atoms with Gasteiger partial charge in [0.15, 0.2) is 0 Å². The standard InChI is InChI=1S/C13H16Cl3N/c1-7(2)8-3-9(4-8)17-13-6-11(15)10(14)5-12(13)16/h5-9,17H,3-4H2,1-2H3. The zero-order valence-corrected chi connectivity index (χ0v) is 12.2. The summed E-state index contributed by atoms with van der Waals surface area (Å²) in [5.41, 5.74) is 0.883. The first-order valence-corrected chi connectivity index (χ1v) is 7.02. The van der Waals surface area contributed by atoms with E-state index in [2.05, 4.69) is 19.2 Å². The van der Waals surface area contributed by atoms with Crippen molar-refractivity contribution in [1.82, 2.24) is 0 Å². The van der Waals surface area contributed by atoms with Gasteiger partial charge in [-0.1, -0.05) is 48.7 Å². The van der Waals surface area contributed by atoms with Gasteiger partial charge in [-0.25, -0.2) is 0 Å². The van der Waals surface area contributed by atoms with Gasteiger partial charge in [0.05, 0.1) is 20.8 Å². The Morgan fingerprint density at radius 1 is 1.06 bits per heavy atom. The Hall–Kier alpha value is -0.110. The normalized spacial score (nSPS) is 23.6. The van der Waals surface area contributed by atoms with E-state index in [0.717, 1.165) is 17.5 Å². The summed E-state index contributed by atoms with van der Waals surface area (Å²) in [5, 5.41) is 5.09. The third-order valence-electron chi connectivity index (χ3n) is 3.49. The smallest absolute Gasteiger partial charge is 0.0653 e. The van der Waals surface area contributed by atoms with Gasteiger partial charge in [0.2, 0.25) is 0 Å². The Morgan fingerprint density at radius 3 is 2.24 bits per heavy atom. The molecule has 0 spiro atoms. The molecule has 0 radical (unpaired) electrons. The summed E-state index contributed by atoms with van der Waals surface area (Å²) in [4.78, 5) is 0. The van der Waals surface area contributed by atoms with Crippen molar-refractivity contribution in [3.63, 3.8) is 0 Å². The molecule has 4 heteroatoms. The van der Waals surface area contributed by atoms with Gasteiger partial charge in [0.1, 0.15) is 0 Å². The number of benzene rings is 1. The molecule has 0 heterocycles. The van der Waals surface area contributed by atoms with Gasteiger partial charge >= 0.3 is 0 Å². The summed E-state index contributed by atoms with van der Waals surface area (Å²) in [5.74, 6) is 1.59. The van der Waals surface area contributed by atoms with E-state index < -0.39 is 0 Å². The predicted molar refractivity (Wildman–Crippen MR) is 76.4 cm³/mol. The quantitative estimate of drug-likeness (QED) is 0.726. The molecule has 1 nitrogen and oxygen atoms in total. The molecule has 2 rings (SSSR count). The molecule has 0 atom stereocenters.